The van der Waals surface area contributed by atoms with Crippen LogP contribution in [0.15, 0.2) is 11.8 Å². The third-order valence-corrected chi connectivity index (χ3v) is 3.21. The van der Waals surface area contributed by atoms with Gasteiger partial charge >= 0.3 is 0 Å². The maximum absolute atomic E-state index is 12.8. The molecule has 1 aliphatic carbocycles. The van der Waals surface area contributed by atoms with Gasteiger partial charge in [-0.1, -0.05) is 0 Å². The van der Waals surface area contributed by atoms with Crippen LogP contribution in [0, 0.1) is 5.41 Å². The van der Waals surface area contributed by atoms with Crippen LogP contribution in [0.4, 0.5) is 4.39 Å². The molecule has 1 nitrogen and oxygen atoms in total. The molecule has 0 amide bonds. The van der Waals surface area contributed by atoms with Gasteiger partial charge in [0.15, 0.2) is 0 Å². The minimum atomic E-state index is -0.680. The summed E-state index contributed by atoms with van der Waals surface area (Å²) < 4.78 is 12.8. The Morgan fingerprint density at radius 2 is 2.36 bits per heavy atom. The van der Waals surface area contributed by atoms with Gasteiger partial charge in [-0.05, 0) is 30.8 Å². The average Bonchev–Trinajstić information content (AvgIpc) is 2.44. The highest BCUT2D eigenvalue weighted by Gasteiger charge is 2.51. The van der Waals surface area contributed by atoms with Crippen LogP contribution in [-0.4, -0.2) is 24.2 Å². The molecule has 3 rings (SSSR count). The zero-order chi connectivity index (χ0) is 7.47. The molecular formula is C9H12FN. The topological polar surface area (TPSA) is 3.24 Å². The van der Waals surface area contributed by atoms with Crippen molar-refractivity contribution in [3.05, 3.63) is 11.8 Å². The molecule has 2 aliphatic heterocycles. The maximum atomic E-state index is 12.8. The smallest absolute Gasteiger partial charge is 0.138 e. The van der Waals surface area contributed by atoms with Crippen molar-refractivity contribution in [2.24, 2.45) is 5.41 Å². The highest BCUT2D eigenvalue weighted by atomic mass is 19.1. The van der Waals surface area contributed by atoms with Gasteiger partial charge in [0.2, 0.25) is 0 Å². The number of halogens is 1. The van der Waals surface area contributed by atoms with Gasteiger partial charge in [-0.15, -0.1) is 0 Å². The molecule has 0 aromatic rings. The van der Waals surface area contributed by atoms with Crippen LogP contribution in [0.5, 0.6) is 0 Å². The number of alkyl halides is 1. The van der Waals surface area contributed by atoms with E-state index in [2.05, 4.69) is 4.90 Å². The van der Waals surface area contributed by atoms with Crippen molar-refractivity contribution in [1.29, 1.82) is 0 Å². The summed E-state index contributed by atoms with van der Waals surface area (Å²) >= 11 is 0. The Labute approximate surface area is 65.9 Å². The molecule has 3 aliphatic rings. The summed E-state index contributed by atoms with van der Waals surface area (Å²) in [6.45, 7) is 1.77. The van der Waals surface area contributed by atoms with E-state index in [1.165, 1.54) is 18.5 Å². The lowest BCUT2D eigenvalue weighted by molar-refractivity contribution is 0.298. The Kier molecular flexibility index (Phi) is 0.890. The van der Waals surface area contributed by atoms with E-state index in [0.717, 1.165) is 13.0 Å². The maximum Gasteiger partial charge on any atom is 0.138 e. The lowest BCUT2D eigenvalue weighted by Gasteiger charge is -2.13. The summed E-state index contributed by atoms with van der Waals surface area (Å²) in [5, 5.41) is 0. The lowest BCUT2D eigenvalue weighted by Crippen LogP contribution is -2.21. The quantitative estimate of drug-likeness (QED) is 0.512. The van der Waals surface area contributed by atoms with Crippen molar-refractivity contribution >= 4 is 0 Å². The fourth-order valence-electron chi connectivity index (χ4n) is 2.39. The number of fused-ring (bicyclic) bond motifs is 1. The first kappa shape index (κ1) is 6.04. The van der Waals surface area contributed by atoms with Crippen molar-refractivity contribution < 1.29 is 4.39 Å². The van der Waals surface area contributed by atoms with Gasteiger partial charge in [-0.25, -0.2) is 4.39 Å². The molecule has 2 heteroatoms. The average molecular weight is 153 g/mol. The van der Waals surface area contributed by atoms with Crippen LogP contribution < -0.4 is 0 Å². The van der Waals surface area contributed by atoms with Crippen LogP contribution >= 0.6 is 0 Å². The SMILES string of the molecule is F[C@@H]1C=C2CC3(CC3)CN2C1. The van der Waals surface area contributed by atoms with Crippen molar-refractivity contribution in [2.45, 2.75) is 25.4 Å². The van der Waals surface area contributed by atoms with E-state index in [4.69, 9.17) is 0 Å². The van der Waals surface area contributed by atoms with Crippen LogP contribution in [0.1, 0.15) is 19.3 Å². The van der Waals surface area contributed by atoms with Gasteiger partial charge in [-0.2, -0.15) is 0 Å². The van der Waals surface area contributed by atoms with E-state index in [1.807, 2.05) is 6.08 Å². The second kappa shape index (κ2) is 1.62. The molecule has 0 N–H and O–H groups in total. The molecule has 1 saturated carbocycles. The first-order valence-corrected chi connectivity index (χ1v) is 4.37. The normalized spacial score (nSPS) is 37.7. The van der Waals surface area contributed by atoms with E-state index < -0.39 is 6.17 Å². The summed E-state index contributed by atoms with van der Waals surface area (Å²) in [6, 6.07) is 0. The Balaban J connectivity index is 1.88. The van der Waals surface area contributed by atoms with Crippen LogP contribution in [0.3, 0.4) is 0 Å². The Bertz CT molecular complexity index is 230. The second-order valence-corrected chi connectivity index (χ2v) is 4.23. The van der Waals surface area contributed by atoms with Gasteiger partial charge in [0.25, 0.3) is 0 Å². The molecule has 0 aromatic carbocycles. The summed E-state index contributed by atoms with van der Waals surface area (Å²) in [5.41, 5.74) is 1.90. The lowest BCUT2D eigenvalue weighted by atomic mass is 10.1. The van der Waals surface area contributed by atoms with E-state index in [1.54, 1.807) is 0 Å². The Morgan fingerprint density at radius 3 is 3.00 bits per heavy atom. The highest BCUT2D eigenvalue weighted by molar-refractivity contribution is 5.23. The van der Waals surface area contributed by atoms with Crippen molar-refractivity contribution in [1.82, 2.24) is 4.90 Å². The first-order valence-electron chi connectivity index (χ1n) is 4.37. The Hall–Kier alpha value is -0.530. The zero-order valence-electron chi connectivity index (χ0n) is 6.52. The molecule has 2 fully saturated rings. The number of nitrogens with zero attached hydrogens (tertiary/aromatic N) is 1. The van der Waals surface area contributed by atoms with Crippen molar-refractivity contribution in [2.75, 3.05) is 13.1 Å². The molecule has 0 radical (unpaired) electrons. The van der Waals surface area contributed by atoms with Crippen LogP contribution in [0.25, 0.3) is 0 Å². The molecule has 0 aromatic heterocycles. The molecule has 1 saturated heterocycles. The molecule has 0 bridgehead atoms. The fourth-order valence-corrected chi connectivity index (χ4v) is 2.39. The molecular weight excluding hydrogens is 141 g/mol. The fraction of sp³-hybridized carbons (Fsp3) is 0.778. The summed E-state index contributed by atoms with van der Waals surface area (Å²) in [4.78, 5) is 2.23. The van der Waals surface area contributed by atoms with Gasteiger partial charge in [0.1, 0.15) is 6.17 Å². The predicted molar refractivity (Wildman–Crippen MR) is 40.8 cm³/mol. The molecule has 2 heterocycles. The zero-order valence-corrected chi connectivity index (χ0v) is 6.52. The van der Waals surface area contributed by atoms with Crippen LogP contribution in [0.2, 0.25) is 0 Å². The van der Waals surface area contributed by atoms with E-state index >= 15 is 0 Å². The van der Waals surface area contributed by atoms with E-state index in [9.17, 15) is 4.39 Å². The first-order chi connectivity index (χ1) is 5.27. The minimum Gasteiger partial charge on any atom is -0.371 e. The van der Waals surface area contributed by atoms with E-state index in [0.29, 0.717) is 12.0 Å². The Morgan fingerprint density at radius 1 is 1.55 bits per heavy atom. The minimum absolute atomic E-state index is 0.617. The van der Waals surface area contributed by atoms with Gasteiger partial charge in [-0.3, -0.25) is 0 Å². The van der Waals surface area contributed by atoms with E-state index in [-0.39, 0.29) is 0 Å². The molecule has 11 heavy (non-hydrogen) atoms. The van der Waals surface area contributed by atoms with Gasteiger partial charge in [0, 0.05) is 12.2 Å². The largest absolute Gasteiger partial charge is 0.371 e. The third-order valence-electron chi connectivity index (χ3n) is 3.21. The highest BCUT2D eigenvalue weighted by Crippen LogP contribution is 2.56. The summed E-state index contributed by atoms with van der Waals surface area (Å²) in [6.07, 6.45) is 5.04. The molecule has 1 spiro atoms. The van der Waals surface area contributed by atoms with Gasteiger partial charge < -0.3 is 4.90 Å². The van der Waals surface area contributed by atoms with Crippen molar-refractivity contribution in [3.8, 4) is 0 Å². The molecule has 0 unspecified atom stereocenters. The molecule has 1 atom stereocenters. The summed E-state index contributed by atoms with van der Waals surface area (Å²) in [5.74, 6) is 0. The second-order valence-electron chi connectivity index (χ2n) is 4.23. The monoisotopic (exact) mass is 153 g/mol. The standard InChI is InChI=1S/C9H12FN/c10-7-3-8-4-9(1-2-9)6-11(8)5-7/h3,7H,1-2,4-6H2/t7-/m1/s1. The molecule has 60 valence electrons. The number of hydrogen-bond acceptors (Lipinski definition) is 1. The number of hydrogen-bond donors (Lipinski definition) is 0. The van der Waals surface area contributed by atoms with Crippen LogP contribution in [-0.2, 0) is 0 Å². The van der Waals surface area contributed by atoms with Gasteiger partial charge in [0.05, 0.1) is 6.54 Å². The third kappa shape index (κ3) is 0.754. The predicted octanol–water partition coefficient (Wildman–Crippen LogP) is 1.71. The summed E-state index contributed by atoms with van der Waals surface area (Å²) in [7, 11) is 0. The number of allylic oxidation sites excluding steroid dienone is 1. The number of rotatable bonds is 0. The van der Waals surface area contributed by atoms with Crippen molar-refractivity contribution in [3.63, 3.8) is 0 Å².